The lowest BCUT2D eigenvalue weighted by Gasteiger charge is -2.24. The fraction of sp³-hybridized carbons (Fsp3) is 0.600. The smallest absolute Gasteiger partial charge is 0.408 e. The fourth-order valence-electron chi connectivity index (χ4n) is 3.93. The van der Waals surface area contributed by atoms with Gasteiger partial charge in [0.15, 0.2) is 0 Å². The van der Waals surface area contributed by atoms with E-state index in [0.29, 0.717) is 29.6 Å². The van der Waals surface area contributed by atoms with Gasteiger partial charge in [0.2, 0.25) is 0 Å². The number of rotatable bonds is 14. The van der Waals surface area contributed by atoms with Gasteiger partial charge < -0.3 is 24.6 Å². The van der Waals surface area contributed by atoms with Gasteiger partial charge in [0.05, 0.1) is 26.4 Å². The van der Waals surface area contributed by atoms with Crippen LogP contribution in [0.15, 0.2) is 10.8 Å². The van der Waals surface area contributed by atoms with E-state index in [0.717, 1.165) is 21.8 Å². The van der Waals surface area contributed by atoms with Gasteiger partial charge in [0.25, 0.3) is 0 Å². The van der Waals surface area contributed by atoms with Gasteiger partial charge in [-0.15, -0.1) is 34.0 Å². The second kappa shape index (κ2) is 15.1. The topological polar surface area (TPSA) is 116 Å². The van der Waals surface area contributed by atoms with Gasteiger partial charge in [-0.25, -0.2) is 19.7 Å². The van der Waals surface area contributed by atoms with E-state index in [1.807, 2.05) is 45.4 Å². The quantitative estimate of drug-likeness (QED) is 0.0748. The number of hydrogen-bond donors (Lipinski definition) is 2. The molecule has 0 aliphatic heterocycles. The van der Waals surface area contributed by atoms with Crippen LogP contribution < -0.4 is 9.82 Å². The minimum Gasteiger partial charge on any atom is -0.506 e. The lowest BCUT2D eigenvalue weighted by molar-refractivity contribution is -0.0579. The first kappa shape index (κ1) is 36.5. The van der Waals surface area contributed by atoms with Crippen molar-refractivity contribution in [3.8, 4) is 10.7 Å². The van der Waals surface area contributed by atoms with E-state index in [9.17, 15) is 9.90 Å². The number of aromatic nitrogens is 3. The largest absolute Gasteiger partial charge is 0.506 e. The van der Waals surface area contributed by atoms with Crippen LogP contribution in [0.2, 0.25) is 45.3 Å². The summed E-state index contributed by atoms with van der Waals surface area (Å²) in [5, 5.41) is 19.9. The number of hydrogen-bond acceptors (Lipinski definition) is 11. The van der Waals surface area contributed by atoms with Crippen molar-refractivity contribution in [1.82, 2.24) is 20.3 Å². The Morgan fingerprint density at radius 2 is 1.75 bits per heavy atom. The maximum absolute atomic E-state index is 12.4. The van der Waals surface area contributed by atoms with Crippen LogP contribution in [-0.2, 0) is 20.8 Å². The van der Waals surface area contributed by atoms with Gasteiger partial charge in [-0.05, 0) is 32.7 Å². The number of ether oxygens (including phenoxy) is 3. The van der Waals surface area contributed by atoms with Crippen LogP contribution in [0.4, 0.5) is 4.79 Å². The summed E-state index contributed by atoms with van der Waals surface area (Å²) in [5.41, 5.74) is 1.49. The van der Waals surface area contributed by atoms with E-state index < -0.39 is 27.8 Å². The number of nitrogens with zero attached hydrogens (tertiary/aromatic N) is 3. The molecule has 14 heteroatoms. The molecule has 0 spiro atoms. The third-order valence-corrected chi connectivity index (χ3v) is 14.3. The highest BCUT2D eigenvalue weighted by Gasteiger charge is 2.27. The zero-order valence-electron chi connectivity index (χ0n) is 27.9. The highest BCUT2D eigenvalue weighted by molar-refractivity contribution is 7.27. The minimum atomic E-state index is -1.69. The normalized spacial score (nSPS) is 13.9. The minimum absolute atomic E-state index is 0.0487. The van der Waals surface area contributed by atoms with Gasteiger partial charge in [-0.2, -0.15) is 0 Å². The van der Waals surface area contributed by atoms with E-state index >= 15 is 0 Å². The number of nitrogens with one attached hydrogen (secondary N) is 1. The van der Waals surface area contributed by atoms with Crippen LogP contribution in [-0.4, -0.2) is 61.3 Å². The third kappa shape index (κ3) is 11.4. The molecule has 2 N–H and O–H groups in total. The monoisotopic (exact) mass is 696 g/mol. The zero-order chi connectivity index (χ0) is 32.9. The number of thiazole rings is 3. The van der Waals surface area contributed by atoms with Gasteiger partial charge in [0, 0.05) is 36.0 Å². The lowest BCUT2D eigenvalue weighted by Crippen LogP contribution is -2.38. The predicted molar refractivity (Wildman–Crippen MR) is 190 cm³/mol. The van der Waals surface area contributed by atoms with E-state index in [-0.39, 0.29) is 24.5 Å². The Morgan fingerprint density at radius 1 is 1.05 bits per heavy atom. The van der Waals surface area contributed by atoms with Gasteiger partial charge in [-0.1, -0.05) is 53.1 Å². The molecule has 1 amide bonds. The molecule has 0 aliphatic rings. The highest BCUT2D eigenvalue weighted by atomic mass is 32.1. The summed E-state index contributed by atoms with van der Waals surface area (Å²) in [6.45, 7) is 24.7. The molecule has 244 valence electrons. The maximum Gasteiger partial charge on any atom is 0.408 e. The number of carbonyl (C=O) groups is 1. The van der Waals surface area contributed by atoms with Crippen molar-refractivity contribution >= 4 is 72.6 Å². The van der Waals surface area contributed by atoms with E-state index in [1.165, 1.54) is 27.2 Å². The molecule has 0 fully saturated rings. The third-order valence-electron chi connectivity index (χ3n) is 6.17. The Balaban J connectivity index is 1.71. The standard InChI is InChI=1S/C30H48N4O5S3Si2/c1-19(2)25(34-29(36)39-30(3,4)5)27-33-22(17-41-27)26-32-21(16-40-26)23(35)14-24-31-20(28(42-24)44(9,10)11)15-38-18-37-12-13-43(6,7)8/h14,16-17,19,25,35H,12-13,15,18H2,1-11H3,(H,34,36)/b23-14-/t25-/m0/s1. The highest BCUT2D eigenvalue weighted by Crippen LogP contribution is 2.32. The van der Waals surface area contributed by atoms with Crippen molar-refractivity contribution in [2.75, 3.05) is 13.4 Å². The van der Waals surface area contributed by atoms with Crippen LogP contribution in [0.5, 0.6) is 0 Å². The number of aliphatic hydroxyl groups excluding tert-OH is 1. The van der Waals surface area contributed by atoms with Crippen LogP contribution in [0.25, 0.3) is 22.5 Å². The van der Waals surface area contributed by atoms with Gasteiger partial charge >= 0.3 is 6.09 Å². The molecule has 0 aliphatic carbocycles. The molecule has 0 bridgehead atoms. The van der Waals surface area contributed by atoms with Crippen LogP contribution in [0.1, 0.15) is 62.1 Å². The fourth-order valence-corrected chi connectivity index (χ4v) is 9.85. The first-order chi connectivity index (χ1) is 20.3. The predicted octanol–water partition coefficient (Wildman–Crippen LogP) is 8.38. The number of amides is 1. The van der Waals surface area contributed by atoms with Crippen molar-refractivity contribution in [1.29, 1.82) is 0 Å². The molecule has 9 nitrogen and oxygen atoms in total. The Labute approximate surface area is 276 Å². The van der Waals surface area contributed by atoms with E-state index in [2.05, 4.69) is 49.6 Å². The summed E-state index contributed by atoms with van der Waals surface area (Å²) >= 11 is 4.47. The van der Waals surface area contributed by atoms with Crippen LogP contribution in [0.3, 0.4) is 0 Å². The van der Waals surface area contributed by atoms with Crippen LogP contribution in [0, 0.1) is 5.92 Å². The zero-order valence-corrected chi connectivity index (χ0v) is 32.3. The maximum atomic E-state index is 12.4. The Kier molecular flexibility index (Phi) is 12.5. The molecule has 1 atom stereocenters. The lowest BCUT2D eigenvalue weighted by atomic mass is 10.1. The van der Waals surface area contributed by atoms with Crippen molar-refractivity contribution in [3.05, 3.63) is 32.2 Å². The second-order valence-electron chi connectivity index (χ2n) is 14.3. The molecule has 0 saturated heterocycles. The molecule has 3 aromatic rings. The number of alkyl carbamates (subject to hydrolysis) is 1. The summed E-state index contributed by atoms with van der Waals surface area (Å²) in [6.07, 6.45) is 1.20. The van der Waals surface area contributed by atoms with Crippen LogP contribution >= 0.6 is 34.0 Å². The van der Waals surface area contributed by atoms with Crippen molar-refractivity contribution in [2.45, 2.75) is 98.2 Å². The van der Waals surface area contributed by atoms with E-state index in [4.69, 9.17) is 24.2 Å². The van der Waals surface area contributed by atoms with Gasteiger partial charge in [0.1, 0.15) is 44.6 Å². The summed E-state index contributed by atoms with van der Waals surface area (Å²) in [5.74, 6) is 0.158. The van der Waals surface area contributed by atoms with Gasteiger partial charge in [-0.3, -0.25) is 0 Å². The first-order valence-corrected chi connectivity index (χ1v) is 24.6. The molecule has 3 aromatic heterocycles. The second-order valence-corrected chi connectivity index (χ2v) is 28.0. The molecule has 3 rings (SSSR count). The SMILES string of the molecule is CC(C)[C@H](NC(=O)OC(C)(C)C)c1nc(-c2nc(/C(O)=C/c3nc(COCOCC[Si](C)(C)C)c([Si](C)(C)C)s3)cs2)cs1. The Hall–Kier alpha value is -1.95. The molecule has 3 heterocycles. The van der Waals surface area contributed by atoms with E-state index in [1.54, 1.807) is 17.4 Å². The molecular formula is C30H48N4O5S3Si2. The average molecular weight is 697 g/mol. The molecule has 0 saturated carbocycles. The number of aliphatic hydroxyl groups is 1. The summed E-state index contributed by atoms with van der Waals surface area (Å²) in [7, 11) is -2.82. The Bertz CT molecular complexity index is 1410. The molecule has 0 aromatic carbocycles. The van der Waals surface area contributed by atoms with Crippen molar-refractivity contribution in [3.63, 3.8) is 0 Å². The number of carbonyl (C=O) groups excluding carboxylic acids is 1. The molecular weight excluding hydrogens is 649 g/mol. The molecule has 44 heavy (non-hydrogen) atoms. The van der Waals surface area contributed by atoms with Crippen molar-refractivity contribution < 1.29 is 24.1 Å². The summed E-state index contributed by atoms with van der Waals surface area (Å²) in [4.78, 5) is 26.7. The molecule has 0 unspecified atom stereocenters. The van der Waals surface area contributed by atoms with Crippen molar-refractivity contribution in [2.24, 2.45) is 5.92 Å². The first-order valence-electron chi connectivity index (χ1n) is 14.8. The average Bonchev–Trinajstić information content (AvgIpc) is 3.62. The molecule has 0 radical (unpaired) electrons. The Morgan fingerprint density at radius 3 is 2.36 bits per heavy atom. The summed E-state index contributed by atoms with van der Waals surface area (Å²) in [6, 6.07) is 0.810. The summed E-state index contributed by atoms with van der Waals surface area (Å²) < 4.78 is 18.2.